The van der Waals surface area contributed by atoms with Gasteiger partial charge in [-0.25, -0.2) is 0 Å². The van der Waals surface area contributed by atoms with Gasteiger partial charge >= 0.3 is 244 Å². The summed E-state index contributed by atoms with van der Waals surface area (Å²) >= 11 is -2.65. The minimum absolute atomic E-state index is 0.469. The average molecular weight is 586 g/mol. The fraction of sp³-hybridized carbons (Fsp3) is 0.237. The van der Waals surface area contributed by atoms with Crippen LogP contribution in [0.25, 0.3) is 11.1 Å². The van der Waals surface area contributed by atoms with Crippen molar-refractivity contribution in [1.82, 2.24) is 0 Å². The Kier molecular flexibility index (Phi) is 7.64. The summed E-state index contributed by atoms with van der Waals surface area (Å²) in [5.41, 5.74) is 13.3. The Bertz CT molecular complexity index is 1500. The van der Waals surface area contributed by atoms with Crippen molar-refractivity contribution in [2.45, 2.75) is 50.6 Å². The molecule has 4 aromatic rings. The van der Waals surface area contributed by atoms with Gasteiger partial charge in [0.25, 0.3) is 0 Å². The van der Waals surface area contributed by atoms with Gasteiger partial charge in [0.15, 0.2) is 0 Å². The van der Waals surface area contributed by atoms with E-state index in [9.17, 15) is 0 Å². The Balaban J connectivity index is 1.72. The first kappa shape index (κ1) is 26.3. The number of fused-ring (bicyclic) bond motifs is 3. The van der Waals surface area contributed by atoms with E-state index in [1.54, 1.807) is 17.6 Å². The van der Waals surface area contributed by atoms with Crippen molar-refractivity contribution in [3.05, 3.63) is 151 Å². The van der Waals surface area contributed by atoms with Gasteiger partial charge in [-0.15, -0.1) is 0 Å². The van der Waals surface area contributed by atoms with Crippen LogP contribution in [0.1, 0.15) is 71.1 Å². The number of hydrogen-bond donors (Lipinski definition) is 0. The maximum absolute atomic E-state index is 2.65. The van der Waals surface area contributed by atoms with Crippen LogP contribution in [-0.2, 0) is 34.1 Å². The van der Waals surface area contributed by atoms with Crippen molar-refractivity contribution in [2.24, 2.45) is 5.92 Å². The van der Waals surface area contributed by atoms with E-state index < -0.39 is 21.3 Å². The van der Waals surface area contributed by atoms with E-state index in [0.717, 1.165) is 19.3 Å². The van der Waals surface area contributed by atoms with E-state index in [-0.39, 0.29) is 0 Å². The molecule has 4 aromatic carbocycles. The molecule has 6 rings (SSSR count). The van der Waals surface area contributed by atoms with E-state index >= 15 is 0 Å². The molecule has 0 spiro atoms. The monoisotopic (exact) mass is 584 g/mol. The molecule has 1 heteroatoms. The summed E-state index contributed by atoms with van der Waals surface area (Å²) in [5.74, 6) is 0.561. The van der Waals surface area contributed by atoms with Gasteiger partial charge in [-0.2, -0.15) is 0 Å². The normalized spacial score (nSPS) is 14.2. The predicted octanol–water partition coefficient (Wildman–Crippen LogP) is 9.64. The molecule has 0 aliphatic heterocycles. The number of aryl methyl sites for hydroxylation is 2. The summed E-state index contributed by atoms with van der Waals surface area (Å²) < 4.78 is 3.84. The molecule has 0 unspecified atom stereocenters. The molecule has 194 valence electrons. The minimum atomic E-state index is -2.65. The number of benzene rings is 4. The SMILES string of the molecule is CCc1ccc2c(c1)[CH]([Zr]([C]1=CC(C(C)C)=CC1)=[C](c1ccccc1)c1ccccc1)c1cc(CC)ccc1-2. The second kappa shape index (κ2) is 11.3. The molecule has 0 amide bonds. The molecule has 0 fully saturated rings. The van der Waals surface area contributed by atoms with Crippen LogP contribution in [0.5, 0.6) is 0 Å². The van der Waals surface area contributed by atoms with Crippen LogP contribution in [0.3, 0.4) is 0 Å². The number of hydrogen-bond acceptors (Lipinski definition) is 0. The Labute approximate surface area is 242 Å². The topological polar surface area (TPSA) is 0 Å². The van der Waals surface area contributed by atoms with Gasteiger partial charge in [-0.1, -0.05) is 0 Å². The quantitative estimate of drug-likeness (QED) is 0.203. The Morgan fingerprint density at radius 1 is 0.718 bits per heavy atom. The van der Waals surface area contributed by atoms with Crippen molar-refractivity contribution >= 4 is 3.21 Å². The fourth-order valence-corrected chi connectivity index (χ4v) is 15.5. The van der Waals surface area contributed by atoms with E-state index in [1.165, 1.54) is 39.0 Å². The first-order valence-electron chi connectivity index (χ1n) is 14.6. The first-order valence-corrected chi connectivity index (χ1v) is 18.5. The standard InChI is InChI=1S/C17H17.C13H10.C8H11.Zr/c1-3-12-5-7-16-14(9-12)11-15-10-13(4-2)6-8-17(15)16;1-3-7-12(8-4-1)11-13-9-5-2-6-10-13;1-7(2)8-5-3-4-6-8;/h5-11H,3-4H2,1-2H3;1-10H;5-7H,3H2,1-2H3;. The molecule has 0 bridgehead atoms. The van der Waals surface area contributed by atoms with Crippen molar-refractivity contribution in [3.63, 3.8) is 0 Å². The summed E-state index contributed by atoms with van der Waals surface area (Å²) in [7, 11) is 0. The number of allylic oxidation sites excluding steroid dienone is 4. The van der Waals surface area contributed by atoms with Gasteiger partial charge in [-0.05, 0) is 0 Å². The maximum atomic E-state index is 2.62. The average Bonchev–Trinajstić information content (AvgIpc) is 3.59. The zero-order valence-electron chi connectivity index (χ0n) is 23.7. The predicted molar refractivity (Wildman–Crippen MR) is 164 cm³/mol. The second-order valence-electron chi connectivity index (χ2n) is 11.2. The van der Waals surface area contributed by atoms with Gasteiger partial charge in [0.05, 0.1) is 0 Å². The zero-order chi connectivity index (χ0) is 26.9. The summed E-state index contributed by atoms with van der Waals surface area (Å²) in [4.78, 5) is 0. The van der Waals surface area contributed by atoms with Crippen LogP contribution in [0.2, 0.25) is 0 Å². The van der Waals surface area contributed by atoms with Crippen LogP contribution < -0.4 is 0 Å². The molecular weight excluding hydrogens is 548 g/mol. The van der Waals surface area contributed by atoms with E-state index in [1.807, 2.05) is 0 Å². The van der Waals surface area contributed by atoms with E-state index in [4.69, 9.17) is 0 Å². The summed E-state index contributed by atoms with van der Waals surface area (Å²) in [6.07, 6.45) is 8.40. The van der Waals surface area contributed by atoms with Gasteiger partial charge < -0.3 is 0 Å². The third-order valence-electron chi connectivity index (χ3n) is 8.55. The molecule has 0 N–H and O–H groups in total. The fourth-order valence-electron chi connectivity index (χ4n) is 6.43. The van der Waals surface area contributed by atoms with Crippen LogP contribution in [0.4, 0.5) is 0 Å². The summed E-state index contributed by atoms with van der Waals surface area (Å²) in [6.45, 7) is 9.26. The van der Waals surface area contributed by atoms with Crippen molar-refractivity contribution in [2.75, 3.05) is 0 Å². The first-order chi connectivity index (χ1) is 19.1. The molecule has 0 saturated carbocycles. The van der Waals surface area contributed by atoms with Crippen molar-refractivity contribution < 1.29 is 21.3 Å². The molecule has 2 aliphatic rings. The second-order valence-corrected chi connectivity index (χ2v) is 17.5. The van der Waals surface area contributed by atoms with Gasteiger partial charge in [0.1, 0.15) is 0 Å². The van der Waals surface area contributed by atoms with Gasteiger partial charge in [0, 0.05) is 0 Å². The van der Waals surface area contributed by atoms with Gasteiger partial charge in [-0.3, -0.25) is 0 Å². The third kappa shape index (κ3) is 4.96. The molecule has 0 atom stereocenters. The molecule has 0 nitrogen and oxygen atoms in total. The molecule has 0 aromatic heterocycles. The Morgan fingerprint density at radius 2 is 1.23 bits per heavy atom. The van der Waals surface area contributed by atoms with E-state index in [0.29, 0.717) is 9.54 Å². The molecule has 0 radical (unpaired) electrons. The Morgan fingerprint density at radius 3 is 1.67 bits per heavy atom. The molecule has 39 heavy (non-hydrogen) atoms. The van der Waals surface area contributed by atoms with Gasteiger partial charge in [0.2, 0.25) is 0 Å². The van der Waals surface area contributed by atoms with Crippen molar-refractivity contribution in [1.29, 1.82) is 0 Å². The molecule has 0 saturated heterocycles. The Hall–Kier alpha value is -2.89. The van der Waals surface area contributed by atoms with E-state index in [2.05, 4.69) is 137 Å². The molecule has 0 heterocycles. The van der Waals surface area contributed by atoms with Crippen LogP contribution >= 0.6 is 0 Å². The zero-order valence-corrected chi connectivity index (χ0v) is 26.1. The van der Waals surface area contributed by atoms with Crippen LogP contribution in [0.15, 0.2) is 118 Å². The number of rotatable bonds is 7. The summed E-state index contributed by atoms with van der Waals surface area (Å²) in [5, 5.41) is 0. The third-order valence-corrected chi connectivity index (χ3v) is 16.8. The van der Waals surface area contributed by atoms with Crippen LogP contribution in [0, 0.1) is 5.92 Å². The van der Waals surface area contributed by atoms with Crippen LogP contribution in [-0.4, -0.2) is 3.21 Å². The molecule has 2 aliphatic carbocycles. The summed E-state index contributed by atoms with van der Waals surface area (Å²) in [6, 6.07) is 37.3. The van der Waals surface area contributed by atoms with Crippen molar-refractivity contribution in [3.8, 4) is 11.1 Å². The molecular formula is C38H38Zr.